The summed E-state index contributed by atoms with van der Waals surface area (Å²) < 4.78 is 1.79. The molecule has 2 aromatic carbocycles. The average molecular weight is 415 g/mol. The second kappa shape index (κ2) is 8.25. The third-order valence-electron chi connectivity index (χ3n) is 5.29. The maximum atomic E-state index is 12.7. The molecule has 1 aromatic heterocycles. The predicted molar refractivity (Wildman–Crippen MR) is 121 cm³/mol. The zero-order valence-electron chi connectivity index (χ0n) is 18.0. The number of anilines is 2. The lowest BCUT2D eigenvalue weighted by Gasteiger charge is -2.18. The Morgan fingerprint density at radius 2 is 1.97 bits per heavy atom. The van der Waals surface area contributed by atoms with E-state index in [2.05, 4.69) is 54.9 Å². The molecule has 7 heteroatoms. The van der Waals surface area contributed by atoms with Crippen LogP contribution in [0.4, 0.5) is 16.3 Å². The minimum atomic E-state index is -0.390. The van der Waals surface area contributed by atoms with Gasteiger partial charge in [-0.3, -0.25) is 5.32 Å². The maximum Gasteiger partial charge on any atom is 0.324 e. The molecule has 0 aliphatic carbocycles. The number of carbonyl (C=O) groups excluding carboxylic acids is 1. The molecule has 0 saturated carbocycles. The Hall–Kier alpha value is -3.63. The predicted octanol–water partition coefficient (Wildman–Crippen LogP) is 4.33. The van der Waals surface area contributed by atoms with E-state index in [1.807, 2.05) is 12.1 Å². The van der Waals surface area contributed by atoms with Gasteiger partial charge in [-0.2, -0.15) is 10.4 Å². The molecule has 158 valence electrons. The Kier molecular flexibility index (Phi) is 5.49. The monoisotopic (exact) mass is 414 g/mol. The van der Waals surface area contributed by atoms with E-state index < -0.39 is 0 Å². The summed E-state index contributed by atoms with van der Waals surface area (Å²) in [6, 6.07) is 16.7. The Labute approximate surface area is 182 Å². The fourth-order valence-electron chi connectivity index (χ4n) is 3.57. The smallest absolute Gasteiger partial charge is 0.312 e. The van der Waals surface area contributed by atoms with E-state index in [9.17, 15) is 4.79 Å². The van der Waals surface area contributed by atoms with Crippen LogP contribution < -0.4 is 16.0 Å². The molecule has 0 spiro atoms. The van der Waals surface area contributed by atoms with Crippen LogP contribution in [0, 0.1) is 11.3 Å². The molecule has 1 aliphatic heterocycles. The number of nitrogens with one attached hydrogen (secondary N) is 3. The highest BCUT2D eigenvalue weighted by Crippen LogP contribution is 2.28. The van der Waals surface area contributed by atoms with Crippen LogP contribution in [0.5, 0.6) is 0 Å². The summed E-state index contributed by atoms with van der Waals surface area (Å²) in [5, 5.41) is 23.0. The summed E-state index contributed by atoms with van der Waals surface area (Å²) in [5.74, 6) is 0.591. The quantitative estimate of drug-likeness (QED) is 0.594. The van der Waals surface area contributed by atoms with Gasteiger partial charge in [0, 0.05) is 23.7 Å². The minimum Gasteiger partial charge on any atom is -0.312 e. The number of hydrogen-bond donors (Lipinski definition) is 3. The van der Waals surface area contributed by atoms with Crippen molar-refractivity contribution in [2.24, 2.45) is 0 Å². The van der Waals surface area contributed by atoms with E-state index in [-0.39, 0.29) is 11.4 Å². The fraction of sp³-hybridized carbons (Fsp3) is 0.292. The summed E-state index contributed by atoms with van der Waals surface area (Å²) in [4.78, 5) is 12.7. The van der Waals surface area contributed by atoms with Crippen LogP contribution in [0.15, 0.2) is 48.5 Å². The van der Waals surface area contributed by atoms with Crippen molar-refractivity contribution in [1.82, 2.24) is 15.1 Å². The standard InChI is InChI=1S/C24H26N6O/c1-24(2,3)21-13-22(28-23(31)27-19-6-4-5-16(11-19)14-25)30(29-21)20-8-7-18-15-26-10-9-17(18)12-20/h4-8,11-13,26H,9-10,15H2,1-3H3,(H2,27,28,31). The van der Waals surface area contributed by atoms with Crippen LogP contribution >= 0.6 is 0 Å². The first-order valence-corrected chi connectivity index (χ1v) is 10.3. The maximum absolute atomic E-state index is 12.7. The van der Waals surface area contributed by atoms with Crippen molar-refractivity contribution in [2.75, 3.05) is 17.2 Å². The molecule has 2 amide bonds. The molecule has 4 rings (SSSR count). The van der Waals surface area contributed by atoms with Gasteiger partial charge in [-0.05, 0) is 54.4 Å². The van der Waals surface area contributed by atoms with Gasteiger partial charge in [-0.25, -0.2) is 9.48 Å². The van der Waals surface area contributed by atoms with Gasteiger partial charge in [0.1, 0.15) is 5.82 Å². The Morgan fingerprint density at radius 3 is 2.74 bits per heavy atom. The highest BCUT2D eigenvalue weighted by molar-refractivity contribution is 5.99. The van der Waals surface area contributed by atoms with Crippen molar-refractivity contribution in [3.05, 3.63) is 70.9 Å². The number of nitriles is 1. The summed E-state index contributed by atoms with van der Waals surface area (Å²) >= 11 is 0. The van der Waals surface area contributed by atoms with Crippen molar-refractivity contribution in [2.45, 2.75) is 39.2 Å². The van der Waals surface area contributed by atoms with Gasteiger partial charge in [-0.15, -0.1) is 0 Å². The molecule has 0 unspecified atom stereocenters. The fourth-order valence-corrected chi connectivity index (χ4v) is 3.57. The molecule has 0 fully saturated rings. The summed E-state index contributed by atoms with van der Waals surface area (Å²) in [5.41, 5.74) is 5.26. The number of aromatic nitrogens is 2. The number of rotatable bonds is 3. The molecule has 2 heterocycles. The molecule has 0 radical (unpaired) electrons. The van der Waals surface area contributed by atoms with Gasteiger partial charge in [0.05, 0.1) is 23.0 Å². The summed E-state index contributed by atoms with van der Waals surface area (Å²) in [7, 11) is 0. The van der Waals surface area contributed by atoms with E-state index in [1.165, 1.54) is 11.1 Å². The summed E-state index contributed by atoms with van der Waals surface area (Å²) in [6.07, 6.45) is 0.967. The second-order valence-electron chi connectivity index (χ2n) is 8.73. The van der Waals surface area contributed by atoms with Crippen LogP contribution in [0.1, 0.15) is 43.2 Å². The van der Waals surface area contributed by atoms with Crippen LogP contribution in [0.3, 0.4) is 0 Å². The zero-order valence-corrected chi connectivity index (χ0v) is 18.0. The van der Waals surface area contributed by atoms with Gasteiger partial charge in [0.25, 0.3) is 0 Å². The molecular weight excluding hydrogens is 388 g/mol. The molecule has 3 N–H and O–H groups in total. The van der Waals surface area contributed by atoms with Gasteiger partial charge >= 0.3 is 6.03 Å². The lowest BCUT2D eigenvalue weighted by molar-refractivity contribution is 0.262. The first-order valence-electron chi connectivity index (χ1n) is 10.3. The van der Waals surface area contributed by atoms with Gasteiger partial charge in [-0.1, -0.05) is 32.9 Å². The average Bonchev–Trinajstić information content (AvgIpc) is 3.17. The Morgan fingerprint density at radius 1 is 1.13 bits per heavy atom. The lowest BCUT2D eigenvalue weighted by Crippen LogP contribution is -2.24. The van der Waals surface area contributed by atoms with E-state index in [1.54, 1.807) is 28.9 Å². The Balaban J connectivity index is 1.64. The van der Waals surface area contributed by atoms with Crippen LogP contribution in [0.2, 0.25) is 0 Å². The van der Waals surface area contributed by atoms with Crippen LogP contribution in [-0.2, 0) is 18.4 Å². The molecule has 3 aromatic rings. The minimum absolute atomic E-state index is 0.169. The first kappa shape index (κ1) is 20.6. The third kappa shape index (κ3) is 4.60. The van der Waals surface area contributed by atoms with Crippen molar-refractivity contribution in [3.8, 4) is 11.8 Å². The molecule has 0 saturated heterocycles. The molecule has 0 atom stereocenters. The van der Waals surface area contributed by atoms with Crippen molar-refractivity contribution < 1.29 is 4.79 Å². The topological polar surface area (TPSA) is 94.8 Å². The van der Waals surface area contributed by atoms with E-state index in [4.69, 9.17) is 10.4 Å². The number of carbonyl (C=O) groups is 1. The molecular formula is C24H26N6O. The molecule has 0 bridgehead atoms. The summed E-state index contributed by atoms with van der Waals surface area (Å²) in [6.45, 7) is 8.11. The first-order chi connectivity index (χ1) is 14.8. The molecule has 1 aliphatic rings. The third-order valence-corrected chi connectivity index (χ3v) is 5.29. The van der Waals surface area contributed by atoms with E-state index in [0.717, 1.165) is 30.9 Å². The second-order valence-corrected chi connectivity index (χ2v) is 8.73. The number of fused-ring (bicyclic) bond motifs is 1. The zero-order chi connectivity index (χ0) is 22.0. The van der Waals surface area contributed by atoms with Gasteiger partial charge in [0.15, 0.2) is 0 Å². The number of benzene rings is 2. The van der Waals surface area contributed by atoms with Crippen LogP contribution in [0.25, 0.3) is 5.69 Å². The van der Waals surface area contributed by atoms with E-state index >= 15 is 0 Å². The number of hydrogen-bond acceptors (Lipinski definition) is 4. The van der Waals surface area contributed by atoms with Crippen LogP contribution in [-0.4, -0.2) is 22.4 Å². The Bertz CT molecular complexity index is 1170. The van der Waals surface area contributed by atoms with Crippen molar-refractivity contribution in [1.29, 1.82) is 5.26 Å². The number of urea groups is 1. The van der Waals surface area contributed by atoms with Crippen molar-refractivity contribution in [3.63, 3.8) is 0 Å². The van der Waals surface area contributed by atoms with E-state index in [0.29, 0.717) is 17.1 Å². The number of amides is 2. The normalized spacial score (nSPS) is 13.2. The lowest BCUT2D eigenvalue weighted by atomic mass is 9.92. The SMILES string of the molecule is CC(C)(C)c1cc(NC(=O)Nc2cccc(C#N)c2)n(-c2ccc3c(c2)CCNC3)n1. The highest BCUT2D eigenvalue weighted by atomic mass is 16.2. The molecule has 7 nitrogen and oxygen atoms in total. The van der Waals surface area contributed by atoms with Crippen molar-refractivity contribution >= 4 is 17.5 Å². The highest BCUT2D eigenvalue weighted by Gasteiger charge is 2.22. The number of nitrogens with zero attached hydrogens (tertiary/aromatic N) is 3. The van der Waals surface area contributed by atoms with Gasteiger partial charge in [0.2, 0.25) is 0 Å². The van der Waals surface area contributed by atoms with Gasteiger partial charge < -0.3 is 10.6 Å². The molecule has 31 heavy (non-hydrogen) atoms. The largest absolute Gasteiger partial charge is 0.324 e.